The molecule has 1 fully saturated rings. The number of hydrogen-bond donors (Lipinski definition) is 2. The van der Waals surface area contributed by atoms with Crippen LogP contribution in [-0.2, 0) is 4.79 Å². The molecule has 3 rings (SSSR count). The van der Waals surface area contributed by atoms with Crippen LogP contribution in [0.4, 0.5) is 8.78 Å². The van der Waals surface area contributed by atoms with Gasteiger partial charge in [0.2, 0.25) is 6.43 Å². The van der Waals surface area contributed by atoms with E-state index in [0.717, 1.165) is 18.5 Å². The average molecular weight is 364 g/mol. The number of aliphatic carboxylic acids is 1. The van der Waals surface area contributed by atoms with Gasteiger partial charge in [0.15, 0.2) is 0 Å². The van der Waals surface area contributed by atoms with Crippen molar-refractivity contribution in [1.82, 2.24) is 10.3 Å². The second-order valence-electron chi connectivity index (χ2n) is 6.24. The lowest BCUT2D eigenvalue weighted by Crippen LogP contribution is -2.42. The molecule has 0 aliphatic heterocycles. The Kier molecular flexibility index (Phi) is 5.01. The van der Waals surface area contributed by atoms with E-state index in [1.807, 2.05) is 0 Å². The summed E-state index contributed by atoms with van der Waals surface area (Å²) >= 11 is 0. The Bertz CT molecular complexity index is 852. The van der Waals surface area contributed by atoms with Crippen LogP contribution in [0.25, 0.3) is 10.9 Å². The molecule has 0 radical (unpaired) electrons. The normalized spacial score (nSPS) is 15.1. The minimum absolute atomic E-state index is 0.205. The third-order valence-corrected chi connectivity index (χ3v) is 4.29. The molecule has 1 aliphatic rings. The van der Waals surface area contributed by atoms with Gasteiger partial charge in [-0.15, -0.1) is 0 Å². The van der Waals surface area contributed by atoms with E-state index < -0.39 is 30.8 Å². The lowest BCUT2D eigenvalue weighted by atomic mass is 10.0. The highest BCUT2D eigenvalue weighted by molar-refractivity contribution is 6.07. The van der Waals surface area contributed by atoms with E-state index in [1.54, 1.807) is 24.3 Å². The largest absolute Gasteiger partial charge is 0.497 e. The van der Waals surface area contributed by atoms with Gasteiger partial charge in [-0.3, -0.25) is 9.78 Å². The van der Waals surface area contributed by atoms with Crippen molar-refractivity contribution in [2.45, 2.75) is 37.6 Å². The lowest BCUT2D eigenvalue weighted by Gasteiger charge is -2.16. The molecule has 2 N–H and O–H groups in total. The number of fused-ring (bicyclic) bond motifs is 1. The van der Waals surface area contributed by atoms with Gasteiger partial charge in [0, 0.05) is 23.4 Å². The maximum Gasteiger partial charge on any atom is 0.326 e. The van der Waals surface area contributed by atoms with E-state index >= 15 is 0 Å². The van der Waals surface area contributed by atoms with E-state index in [0.29, 0.717) is 16.7 Å². The van der Waals surface area contributed by atoms with E-state index in [-0.39, 0.29) is 11.5 Å². The number of amides is 1. The van der Waals surface area contributed by atoms with Crippen molar-refractivity contribution in [2.75, 3.05) is 7.11 Å². The standard InChI is InChI=1S/C18H18F2N2O4/c1-26-10-4-5-13-11(6-10)12(7-14(21-13)9-2-3-9)17(23)22-15(18(24)25)8-16(19)20/h4-7,9,15-16H,2-3,8H2,1H3,(H,22,23)(H,24,25). The quantitative estimate of drug-likeness (QED) is 0.789. The minimum Gasteiger partial charge on any atom is -0.497 e. The maximum absolute atomic E-state index is 12.7. The van der Waals surface area contributed by atoms with Crippen molar-refractivity contribution in [1.29, 1.82) is 0 Å². The zero-order chi connectivity index (χ0) is 18.8. The number of carbonyl (C=O) groups excluding carboxylic acids is 1. The van der Waals surface area contributed by atoms with Crippen LogP contribution in [0.2, 0.25) is 0 Å². The summed E-state index contributed by atoms with van der Waals surface area (Å²) in [6, 6.07) is 4.99. The molecule has 0 bridgehead atoms. The number of methoxy groups -OCH3 is 1. The number of halogens is 2. The molecule has 1 heterocycles. The fourth-order valence-electron chi connectivity index (χ4n) is 2.76. The van der Waals surface area contributed by atoms with Crippen LogP contribution < -0.4 is 10.1 Å². The molecule has 26 heavy (non-hydrogen) atoms. The summed E-state index contributed by atoms with van der Waals surface area (Å²) in [5.74, 6) is -1.45. The molecular weight excluding hydrogens is 346 g/mol. The Morgan fingerprint density at radius 1 is 1.35 bits per heavy atom. The van der Waals surface area contributed by atoms with Crippen LogP contribution in [0.15, 0.2) is 24.3 Å². The van der Waals surface area contributed by atoms with Crippen LogP contribution in [-0.4, -0.2) is 41.5 Å². The maximum atomic E-state index is 12.7. The van der Waals surface area contributed by atoms with Gasteiger partial charge in [-0.25, -0.2) is 13.6 Å². The molecule has 1 saturated carbocycles. The first kappa shape index (κ1) is 18.0. The summed E-state index contributed by atoms with van der Waals surface area (Å²) in [6.45, 7) is 0. The smallest absolute Gasteiger partial charge is 0.326 e. The first-order chi connectivity index (χ1) is 12.4. The van der Waals surface area contributed by atoms with Gasteiger partial charge in [0.05, 0.1) is 18.2 Å². The number of rotatable bonds is 7. The molecule has 2 aromatic rings. The van der Waals surface area contributed by atoms with E-state index in [4.69, 9.17) is 9.84 Å². The molecular formula is C18H18F2N2O4. The third-order valence-electron chi connectivity index (χ3n) is 4.29. The molecule has 6 nitrogen and oxygen atoms in total. The second kappa shape index (κ2) is 7.23. The van der Waals surface area contributed by atoms with Crippen molar-refractivity contribution in [3.8, 4) is 5.75 Å². The Labute approximate surface area is 148 Å². The monoisotopic (exact) mass is 364 g/mol. The van der Waals surface area contributed by atoms with Crippen molar-refractivity contribution in [3.05, 3.63) is 35.5 Å². The third kappa shape index (κ3) is 3.89. The Balaban J connectivity index is 2.00. The molecule has 1 unspecified atom stereocenters. The van der Waals surface area contributed by atoms with Gasteiger partial charge >= 0.3 is 5.97 Å². The molecule has 1 aromatic carbocycles. The van der Waals surface area contributed by atoms with E-state index in [2.05, 4.69) is 10.3 Å². The van der Waals surface area contributed by atoms with E-state index in [9.17, 15) is 18.4 Å². The number of carboxylic acid groups (broad SMARTS) is 1. The number of nitrogens with one attached hydrogen (secondary N) is 1. The number of alkyl halides is 2. The summed E-state index contributed by atoms with van der Waals surface area (Å²) in [7, 11) is 1.48. The number of carboxylic acids is 1. The van der Waals surface area contributed by atoms with Gasteiger partial charge in [0.1, 0.15) is 11.8 Å². The summed E-state index contributed by atoms with van der Waals surface area (Å²) in [5, 5.41) is 11.8. The number of hydrogen-bond acceptors (Lipinski definition) is 4. The van der Waals surface area contributed by atoms with Gasteiger partial charge in [0.25, 0.3) is 5.91 Å². The molecule has 1 aromatic heterocycles. The summed E-state index contributed by atoms with van der Waals surface area (Å²) in [6.07, 6.45) is -1.85. The molecule has 138 valence electrons. The van der Waals surface area contributed by atoms with Crippen molar-refractivity contribution in [2.24, 2.45) is 0 Å². The molecule has 1 amide bonds. The SMILES string of the molecule is COc1ccc2nc(C3CC3)cc(C(=O)NC(CC(F)F)C(=O)O)c2c1. The van der Waals surface area contributed by atoms with Crippen LogP contribution in [0.1, 0.15) is 41.2 Å². The highest BCUT2D eigenvalue weighted by Crippen LogP contribution is 2.40. The van der Waals surface area contributed by atoms with Gasteiger partial charge in [-0.2, -0.15) is 0 Å². The number of pyridine rings is 1. The predicted octanol–water partition coefficient (Wildman–Crippen LogP) is 2.96. The number of ether oxygens (including phenoxy) is 1. The van der Waals surface area contributed by atoms with Gasteiger partial charge < -0.3 is 15.2 Å². The number of carbonyl (C=O) groups is 2. The zero-order valence-electron chi connectivity index (χ0n) is 14.0. The van der Waals surface area contributed by atoms with Gasteiger partial charge in [-0.05, 0) is 37.1 Å². The fraction of sp³-hybridized carbons (Fsp3) is 0.389. The summed E-state index contributed by atoms with van der Waals surface area (Å²) < 4.78 is 30.3. The fourth-order valence-corrected chi connectivity index (χ4v) is 2.76. The van der Waals surface area contributed by atoms with Crippen LogP contribution in [0, 0.1) is 0 Å². The van der Waals surface area contributed by atoms with Crippen LogP contribution in [0.5, 0.6) is 5.75 Å². The molecule has 8 heteroatoms. The molecule has 0 spiro atoms. The highest BCUT2D eigenvalue weighted by atomic mass is 19.3. The Morgan fingerprint density at radius 2 is 2.08 bits per heavy atom. The topological polar surface area (TPSA) is 88.5 Å². The summed E-state index contributed by atoms with van der Waals surface area (Å²) in [5.41, 5.74) is 1.52. The van der Waals surface area contributed by atoms with Crippen LogP contribution >= 0.6 is 0 Å². The number of benzene rings is 1. The summed E-state index contributed by atoms with van der Waals surface area (Å²) in [4.78, 5) is 28.4. The predicted molar refractivity (Wildman–Crippen MR) is 89.8 cm³/mol. The molecule has 1 atom stereocenters. The minimum atomic E-state index is -2.84. The highest BCUT2D eigenvalue weighted by Gasteiger charge is 2.29. The molecule has 0 saturated heterocycles. The Hall–Kier alpha value is -2.77. The van der Waals surface area contributed by atoms with Crippen LogP contribution in [0.3, 0.4) is 0 Å². The first-order valence-corrected chi connectivity index (χ1v) is 8.19. The van der Waals surface area contributed by atoms with E-state index in [1.165, 1.54) is 7.11 Å². The zero-order valence-corrected chi connectivity index (χ0v) is 14.0. The second-order valence-corrected chi connectivity index (χ2v) is 6.24. The lowest BCUT2D eigenvalue weighted by molar-refractivity contribution is -0.140. The number of nitrogens with zero attached hydrogens (tertiary/aromatic N) is 1. The van der Waals surface area contributed by atoms with Gasteiger partial charge in [-0.1, -0.05) is 0 Å². The first-order valence-electron chi connectivity index (χ1n) is 8.19. The van der Waals surface area contributed by atoms with Crippen molar-refractivity contribution in [3.63, 3.8) is 0 Å². The average Bonchev–Trinajstić information content (AvgIpc) is 3.44. The number of aromatic nitrogens is 1. The Morgan fingerprint density at radius 3 is 2.65 bits per heavy atom. The van der Waals surface area contributed by atoms with Crippen molar-refractivity contribution >= 4 is 22.8 Å². The molecule has 1 aliphatic carbocycles. The van der Waals surface area contributed by atoms with Crippen molar-refractivity contribution < 1.29 is 28.2 Å².